The van der Waals surface area contributed by atoms with E-state index in [0.717, 1.165) is 36.3 Å². The van der Waals surface area contributed by atoms with Crippen molar-refractivity contribution in [2.24, 2.45) is 0 Å². The molecule has 1 aromatic rings. The van der Waals surface area contributed by atoms with E-state index in [1.54, 1.807) is 0 Å². The number of anilines is 1. The molecule has 1 heterocycles. The summed E-state index contributed by atoms with van der Waals surface area (Å²) in [7, 11) is 0. The monoisotopic (exact) mass is 229 g/mol. The van der Waals surface area contributed by atoms with Crippen LogP contribution in [0.15, 0.2) is 18.2 Å². The van der Waals surface area contributed by atoms with Crippen molar-refractivity contribution in [3.63, 3.8) is 0 Å². The summed E-state index contributed by atoms with van der Waals surface area (Å²) >= 11 is 0. The molecular formula is C14H19N3. The van der Waals surface area contributed by atoms with Crippen LogP contribution in [-0.2, 0) is 0 Å². The number of nitrogens with one attached hydrogen (secondary N) is 2. The number of hydrogen-bond acceptors (Lipinski definition) is 3. The zero-order chi connectivity index (χ0) is 12.1. The first-order chi connectivity index (χ1) is 8.29. The first-order valence-corrected chi connectivity index (χ1v) is 6.27. The fourth-order valence-electron chi connectivity index (χ4n) is 2.26. The van der Waals surface area contributed by atoms with Crippen molar-refractivity contribution in [1.82, 2.24) is 5.32 Å². The zero-order valence-corrected chi connectivity index (χ0v) is 10.3. The summed E-state index contributed by atoms with van der Waals surface area (Å²) in [5.41, 5.74) is 2.86. The summed E-state index contributed by atoms with van der Waals surface area (Å²) in [6.07, 6.45) is 3.50. The number of hydrogen-bond donors (Lipinski definition) is 2. The molecule has 3 heteroatoms. The van der Waals surface area contributed by atoms with Crippen LogP contribution in [0.4, 0.5) is 5.69 Å². The first kappa shape index (κ1) is 11.9. The minimum absolute atomic E-state index is 0.486. The Hall–Kier alpha value is -1.53. The van der Waals surface area contributed by atoms with Crippen LogP contribution in [0.3, 0.4) is 0 Å². The quantitative estimate of drug-likeness (QED) is 0.818. The highest BCUT2D eigenvalue weighted by molar-refractivity contribution is 5.59. The largest absolute Gasteiger partial charge is 0.381 e. The molecule has 0 bridgehead atoms. The van der Waals surface area contributed by atoms with Gasteiger partial charge in [0.15, 0.2) is 0 Å². The number of rotatable bonds is 2. The topological polar surface area (TPSA) is 47.8 Å². The molecule has 17 heavy (non-hydrogen) atoms. The Morgan fingerprint density at radius 2 is 2.24 bits per heavy atom. The van der Waals surface area contributed by atoms with Gasteiger partial charge in [-0.1, -0.05) is 6.07 Å². The molecule has 2 N–H and O–H groups in total. The summed E-state index contributed by atoms with van der Waals surface area (Å²) in [6, 6.07) is 8.76. The van der Waals surface area contributed by atoms with E-state index in [1.807, 2.05) is 19.1 Å². The Balaban J connectivity index is 2.09. The summed E-state index contributed by atoms with van der Waals surface area (Å²) in [6.45, 7) is 4.18. The Morgan fingerprint density at radius 3 is 3.06 bits per heavy atom. The van der Waals surface area contributed by atoms with Crippen LogP contribution >= 0.6 is 0 Å². The van der Waals surface area contributed by atoms with Gasteiger partial charge in [0, 0.05) is 6.04 Å². The standard InChI is InChI=1S/C14H19N3/c1-11-4-5-14(12(9-11)10-15)17-13-3-2-7-16-8-6-13/h4-5,9,13,16-17H,2-3,6-8H2,1H3. The van der Waals surface area contributed by atoms with E-state index in [1.165, 1.54) is 12.8 Å². The lowest BCUT2D eigenvalue weighted by atomic mass is 10.1. The molecule has 2 rings (SSSR count). The molecule has 1 aromatic carbocycles. The highest BCUT2D eigenvalue weighted by Gasteiger charge is 2.13. The Bertz CT molecular complexity index is 412. The van der Waals surface area contributed by atoms with Gasteiger partial charge >= 0.3 is 0 Å². The zero-order valence-electron chi connectivity index (χ0n) is 10.3. The molecule has 0 aromatic heterocycles. The third kappa shape index (κ3) is 3.21. The summed E-state index contributed by atoms with van der Waals surface area (Å²) in [4.78, 5) is 0. The smallest absolute Gasteiger partial charge is 0.101 e. The van der Waals surface area contributed by atoms with Crippen LogP contribution < -0.4 is 10.6 Å². The van der Waals surface area contributed by atoms with Crippen LogP contribution in [0, 0.1) is 18.3 Å². The third-order valence-electron chi connectivity index (χ3n) is 3.23. The van der Waals surface area contributed by atoms with Gasteiger partial charge in [0.05, 0.1) is 11.3 Å². The molecule has 0 radical (unpaired) electrons. The molecule has 1 aliphatic heterocycles. The van der Waals surface area contributed by atoms with Gasteiger partial charge in [-0.3, -0.25) is 0 Å². The van der Waals surface area contributed by atoms with Gasteiger partial charge in [-0.05, 0) is 57.0 Å². The normalized spacial score (nSPS) is 20.4. The Labute approximate surface area is 103 Å². The number of aryl methyl sites for hydroxylation is 1. The predicted octanol–water partition coefficient (Wildman–Crippen LogP) is 2.42. The van der Waals surface area contributed by atoms with Crippen molar-refractivity contribution < 1.29 is 0 Å². The van der Waals surface area contributed by atoms with Gasteiger partial charge in [-0.15, -0.1) is 0 Å². The van der Waals surface area contributed by atoms with E-state index in [4.69, 9.17) is 5.26 Å². The molecule has 0 aliphatic carbocycles. The fraction of sp³-hybridized carbons (Fsp3) is 0.500. The van der Waals surface area contributed by atoms with Crippen LogP contribution in [0.5, 0.6) is 0 Å². The second-order valence-electron chi connectivity index (χ2n) is 4.68. The first-order valence-electron chi connectivity index (χ1n) is 6.27. The Kier molecular flexibility index (Phi) is 4.00. The maximum absolute atomic E-state index is 9.13. The van der Waals surface area contributed by atoms with Crippen LogP contribution in [0.1, 0.15) is 30.4 Å². The Morgan fingerprint density at radius 1 is 1.35 bits per heavy atom. The van der Waals surface area contributed by atoms with Gasteiger partial charge in [0.2, 0.25) is 0 Å². The number of nitriles is 1. The molecule has 90 valence electrons. The molecule has 0 spiro atoms. The van der Waals surface area contributed by atoms with E-state index < -0.39 is 0 Å². The average Bonchev–Trinajstić information content (AvgIpc) is 2.60. The second kappa shape index (κ2) is 5.70. The molecular weight excluding hydrogens is 210 g/mol. The minimum Gasteiger partial charge on any atom is -0.381 e. The summed E-state index contributed by atoms with van der Waals surface area (Å²) < 4.78 is 0. The van der Waals surface area contributed by atoms with Crippen LogP contribution in [-0.4, -0.2) is 19.1 Å². The molecule has 1 atom stereocenters. The highest BCUT2D eigenvalue weighted by Crippen LogP contribution is 2.20. The lowest BCUT2D eigenvalue weighted by Gasteiger charge is -2.18. The number of nitrogens with zero attached hydrogens (tertiary/aromatic N) is 1. The highest BCUT2D eigenvalue weighted by atomic mass is 14.9. The van der Waals surface area contributed by atoms with Crippen LogP contribution in [0.25, 0.3) is 0 Å². The van der Waals surface area contributed by atoms with E-state index >= 15 is 0 Å². The van der Waals surface area contributed by atoms with Gasteiger partial charge in [0.1, 0.15) is 6.07 Å². The predicted molar refractivity (Wildman–Crippen MR) is 70.0 cm³/mol. The molecule has 3 nitrogen and oxygen atoms in total. The van der Waals surface area contributed by atoms with Crippen molar-refractivity contribution in [1.29, 1.82) is 5.26 Å². The third-order valence-corrected chi connectivity index (χ3v) is 3.23. The van der Waals surface area contributed by atoms with Gasteiger partial charge in [-0.2, -0.15) is 5.26 Å². The lowest BCUT2D eigenvalue weighted by Crippen LogP contribution is -2.21. The number of benzene rings is 1. The van der Waals surface area contributed by atoms with E-state index in [2.05, 4.69) is 22.8 Å². The van der Waals surface area contributed by atoms with Gasteiger partial charge in [-0.25, -0.2) is 0 Å². The second-order valence-corrected chi connectivity index (χ2v) is 4.68. The van der Waals surface area contributed by atoms with E-state index in [9.17, 15) is 0 Å². The maximum Gasteiger partial charge on any atom is 0.101 e. The SMILES string of the molecule is Cc1ccc(NC2CCCNCC2)c(C#N)c1. The molecule has 1 unspecified atom stereocenters. The van der Waals surface area contributed by atoms with Crippen molar-refractivity contribution >= 4 is 5.69 Å². The van der Waals surface area contributed by atoms with Gasteiger partial charge in [0.25, 0.3) is 0 Å². The minimum atomic E-state index is 0.486. The summed E-state index contributed by atoms with van der Waals surface area (Å²) in [5, 5.41) is 16.0. The van der Waals surface area contributed by atoms with Crippen molar-refractivity contribution in [3.8, 4) is 6.07 Å². The van der Waals surface area contributed by atoms with E-state index in [0.29, 0.717) is 6.04 Å². The van der Waals surface area contributed by atoms with E-state index in [-0.39, 0.29) is 0 Å². The molecule has 0 saturated carbocycles. The van der Waals surface area contributed by atoms with Gasteiger partial charge < -0.3 is 10.6 Å². The van der Waals surface area contributed by atoms with Crippen molar-refractivity contribution in [3.05, 3.63) is 29.3 Å². The summed E-state index contributed by atoms with van der Waals surface area (Å²) in [5.74, 6) is 0. The fourth-order valence-corrected chi connectivity index (χ4v) is 2.26. The lowest BCUT2D eigenvalue weighted by molar-refractivity contribution is 0.637. The molecule has 1 aliphatic rings. The molecule has 1 saturated heterocycles. The van der Waals surface area contributed by atoms with Crippen molar-refractivity contribution in [2.45, 2.75) is 32.2 Å². The maximum atomic E-state index is 9.13. The van der Waals surface area contributed by atoms with Crippen molar-refractivity contribution in [2.75, 3.05) is 18.4 Å². The average molecular weight is 229 g/mol. The molecule has 0 amide bonds. The van der Waals surface area contributed by atoms with Crippen LogP contribution in [0.2, 0.25) is 0 Å². The molecule has 1 fully saturated rings.